The Hall–Kier alpha value is -3.66. The van der Waals surface area contributed by atoms with Crippen LogP contribution in [0.3, 0.4) is 0 Å². The summed E-state index contributed by atoms with van der Waals surface area (Å²) < 4.78 is 10.6. The molecule has 0 bridgehead atoms. The second kappa shape index (κ2) is 7.53. The third-order valence-corrected chi connectivity index (χ3v) is 4.34. The number of thiocarbonyl (C=S) groups is 1. The van der Waals surface area contributed by atoms with Crippen molar-refractivity contribution in [3.8, 4) is 11.5 Å². The third-order valence-electron chi connectivity index (χ3n) is 4.09. The molecule has 0 unspecified atom stereocenters. The summed E-state index contributed by atoms with van der Waals surface area (Å²) in [4.78, 5) is 24.2. The second-order valence-electron chi connectivity index (χ2n) is 5.90. The highest BCUT2D eigenvalue weighted by Gasteiger charge is 2.15. The summed E-state index contributed by atoms with van der Waals surface area (Å²) >= 11 is 5.17. The average Bonchev–Trinajstić information content (AvgIpc) is 3.19. The fraction of sp³-hybridized carbons (Fsp3) is 0.111. The molecule has 1 aromatic heterocycles. The lowest BCUT2D eigenvalue weighted by molar-refractivity contribution is 0.0939. The van der Waals surface area contributed by atoms with E-state index in [2.05, 4.69) is 26.4 Å². The van der Waals surface area contributed by atoms with E-state index in [1.54, 1.807) is 24.3 Å². The van der Waals surface area contributed by atoms with Crippen molar-refractivity contribution in [1.29, 1.82) is 0 Å². The van der Waals surface area contributed by atoms with Gasteiger partial charge in [-0.1, -0.05) is 24.3 Å². The van der Waals surface area contributed by atoms with Gasteiger partial charge in [0.25, 0.3) is 11.5 Å². The van der Waals surface area contributed by atoms with E-state index in [1.165, 1.54) is 0 Å². The first-order valence-corrected chi connectivity index (χ1v) is 8.73. The summed E-state index contributed by atoms with van der Waals surface area (Å²) in [5.41, 5.74) is 5.74. The van der Waals surface area contributed by atoms with Gasteiger partial charge in [0.1, 0.15) is 0 Å². The van der Waals surface area contributed by atoms with Gasteiger partial charge in [-0.2, -0.15) is 5.10 Å². The Balaban J connectivity index is 1.35. The van der Waals surface area contributed by atoms with Crippen LogP contribution in [0.15, 0.2) is 47.3 Å². The van der Waals surface area contributed by atoms with Crippen LogP contribution in [0.25, 0.3) is 10.8 Å². The Morgan fingerprint density at radius 1 is 1.11 bits per heavy atom. The van der Waals surface area contributed by atoms with Crippen molar-refractivity contribution in [2.45, 2.75) is 6.54 Å². The van der Waals surface area contributed by atoms with Crippen molar-refractivity contribution in [2.75, 3.05) is 6.79 Å². The first-order chi connectivity index (χ1) is 13.6. The molecule has 1 aliphatic heterocycles. The van der Waals surface area contributed by atoms with Gasteiger partial charge in [0, 0.05) is 11.9 Å². The molecule has 0 spiro atoms. The number of hydrazine groups is 1. The van der Waals surface area contributed by atoms with Crippen LogP contribution >= 0.6 is 12.2 Å². The zero-order chi connectivity index (χ0) is 19.5. The lowest BCUT2D eigenvalue weighted by atomic mass is 10.1. The number of H-pyrrole nitrogens is 1. The predicted octanol–water partition coefficient (Wildman–Crippen LogP) is 0.961. The molecule has 0 atom stereocenters. The van der Waals surface area contributed by atoms with E-state index in [1.807, 2.05) is 18.2 Å². The van der Waals surface area contributed by atoms with Crippen LogP contribution in [0.4, 0.5) is 0 Å². The van der Waals surface area contributed by atoms with Gasteiger partial charge in [-0.3, -0.25) is 20.4 Å². The lowest BCUT2D eigenvalue weighted by Gasteiger charge is -2.12. The van der Waals surface area contributed by atoms with E-state index in [9.17, 15) is 9.59 Å². The molecule has 2 heterocycles. The topological polar surface area (TPSA) is 117 Å². The van der Waals surface area contributed by atoms with Crippen LogP contribution in [0, 0.1) is 0 Å². The SMILES string of the molecule is O=C(NNC(=S)NCc1ccc2c(c1)OCO2)c1n[nH]c(=O)c2ccccc12. The number of nitrogens with one attached hydrogen (secondary N) is 4. The number of amides is 1. The molecule has 4 rings (SSSR count). The number of aromatic nitrogens is 2. The maximum absolute atomic E-state index is 12.4. The number of benzene rings is 2. The number of carbonyl (C=O) groups excluding carboxylic acids is 1. The van der Waals surface area contributed by atoms with Crippen molar-refractivity contribution in [3.63, 3.8) is 0 Å². The summed E-state index contributed by atoms with van der Waals surface area (Å²) in [6.07, 6.45) is 0. The smallest absolute Gasteiger partial charge is 0.290 e. The molecule has 9 nitrogen and oxygen atoms in total. The van der Waals surface area contributed by atoms with E-state index in [0.29, 0.717) is 28.8 Å². The third kappa shape index (κ3) is 3.58. The summed E-state index contributed by atoms with van der Waals surface area (Å²) in [6.45, 7) is 0.643. The first-order valence-electron chi connectivity index (χ1n) is 8.32. The quantitative estimate of drug-likeness (QED) is 0.381. The van der Waals surface area contributed by atoms with E-state index in [0.717, 1.165) is 5.56 Å². The van der Waals surface area contributed by atoms with Crippen LogP contribution < -0.4 is 31.2 Å². The number of hydrogen-bond acceptors (Lipinski definition) is 6. The summed E-state index contributed by atoms with van der Waals surface area (Å²) in [7, 11) is 0. The largest absolute Gasteiger partial charge is 0.454 e. The van der Waals surface area contributed by atoms with Crippen LogP contribution in [0.2, 0.25) is 0 Å². The van der Waals surface area contributed by atoms with E-state index >= 15 is 0 Å². The molecule has 2 aromatic carbocycles. The molecule has 0 saturated carbocycles. The van der Waals surface area contributed by atoms with Gasteiger partial charge in [0.15, 0.2) is 22.3 Å². The van der Waals surface area contributed by atoms with E-state index in [4.69, 9.17) is 21.7 Å². The van der Waals surface area contributed by atoms with Crippen molar-refractivity contribution in [3.05, 3.63) is 64.1 Å². The molecule has 0 aliphatic carbocycles. The Labute approximate surface area is 164 Å². The molecule has 10 heteroatoms. The van der Waals surface area contributed by atoms with Crippen molar-refractivity contribution in [2.24, 2.45) is 0 Å². The zero-order valence-corrected chi connectivity index (χ0v) is 15.3. The molecule has 3 aromatic rings. The fourth-order valence-corrected chi connectivity index (χ4v) is 2.86. The van der Waals surface area contributed by atoms with Crippen molar-refractivity contribution < 1.29 is 14.3 Å². The van der Waals surface area contributed by atoms with Crippen LogP contribution in [0.1, 0.15) is 16.1 Å². The number of hydrogen-bond donors (Lipinski definition) is 4. The van der Waals surface area contributed by atoms with Gasteiger partial charge in [0.2, 0.25) is 6.79 Å². The molecule has 0 saturated heterocycles. The molecule has 28 heavy (non-hydrogen) atoms. The van der Waals surface area contributed by atoms with E-state index < -0.39 is 5.91 Å². The highest BCUT2D eigenvalue weighted by Crippen LogP contribution is 2.32. The fourth-order valence-electron chi connectivity index (χ4n) is 2.74. The minimum absolute atomic E-state index is 0.0845. The van der Waals surface area contributed by atoms with Crippen LogP contribution in [-0.2, 0) is 6.54 Å². The van der Waals surface area contributed by atoms with Gasteiger partial charge in [-0.25, -0.2) is 5.10 Å². The predicted molar refractivity (Wildman–Crippen MR) is 105 cm³/mol. The van der Waals surface area contributed by atoms with Crippen LogP contribution in [0.5, 0.6) is 11.5 Å². The minimum atomic E-state index is -0.528. The van der Waals surface area contributed by atoms with Crippen molar-refractivity contribution >= 4 is 34.0 Å². The Kier molecular flexibility index (Phi) is 4.77. The van der Waals surface area contributed by atoms with Crippen LogP contribution in [-0.4, -0.2) is 28.0 Å². The molecule has 1 amide bonds. The number of ether oxygens (including phenoxy) is 2. The van der Waals surface area contributed by atoms with Gasteiger partial charge >= 0.3 is 0 Å². The average molecular weight is 397 g/mol. The number of aromatic amines is 1. The highest BCUT2D eigenvalue weighted by molar-refractivity contribution is 7.80. The first kappa shape index (κ1) is 17.7. The normalized spacial score (nSPS) is 11.9. The molecule has 142 valence electrons. The molecule has 0 fully saturated rings. The highest BCUT2D eigenvalue weighted by atomic mass is 32.1. The summed E-state index contributed by atoms with van der Waals surface area (Å²) in [5.74, 6) is 0.861. The maximum Gasteiger partial charge on any atom is 0.290 e. The lowest BCUT2D eigenvalue weighted by Crippen LogP contribution is -2.46. The number of fused-ring (bicyclic) bond motifs is 2. The minimum Gasteiger partial charge on any atom is -0.454 e. The number of nitrogens with zero attached hydrogens (tertiary/aromatic N) is 1. The number of rotatable bonds is 3. The maximum atomic E-state index is 12.4. The molecule has 0 radical (unpaired) electrons. The summed E-state index contributed by atoms with van der Waals surface area (Å²) in [6, 6.07) is 12.3. The van der Waals surface area contributed by atoms with E-state index in [-0.39, 0.29) is 23.2 Å². The molecular weight excluding hydrogens is 382 g/mol. The molecular formula is C18H15N5O4S. The molecule has 4 N–H and O–H groups in total. The van der Waals surface area contributed by atoms with Crippen molar-refractivity contribution in [1.82, 2.24) is 26.4 Å². The zero-order valence-electron chi connectivity index (χ0n) is 14.4. The second-order valence-corrected chi connectivity index (χ2v) is 6.30. The van der Waals surface area contributed by atoms with Gasteiger partial charge < -0.3 is 14.8 Å². The summed E-state index contributed by atoms with van der Waals surface area (Å²) in [5, 5.41) is 10.2. The Morgan fingerprint density at radius 3 is 2.75 bits per heavy atom. The van der Waals surface area contributed by atoms with Gasteiger partial charge in [0.05, 0.1) is 5.39 Å². The van der Waals surface area contributed by atoms with Gasteiger partial charge in [-0.15, -0.1) is 0 Å². The molecule has 1 aliphatic rings. The standard InChI is InChI=1S/C18H15N5O4S/c24-16-12-4-2-1-3-11(12)15(20-21-16)17(25)22-23-18(28)19-8-10-5-6-13-14(7-10)27-9-26-13/h1-7H,8-9H2,(H,21,24)(H,22,25)(H2,19,23,28). The monoisotopic (exact) mass is 397 g/mol. The number of carbonyl (C=O) groups is 1. The Bertz CT molecular complexity index is 1130. The van der Waals surface area contributed by atoms with Gasteiger partial charge in [-0.05, 0) is 36.0 Å². The Morgan fingerprint density at radius 2 is 1.89 bits per heavy atom.